The quantitative estimate of drug-likeness (QED) is 0.543. The van der Waals surface area contributed by atoms with Gasteiger partial charge in [-0.25, -0.2) is 4.98 Å². The highest BCUT2D eigenvalue weighted by Gasteiger charge is 2.15. The van der Waals surface area contributed by atoms with E-state index in [1.165, 1.54) is 15.4 Å². The lowest BCUT2D eigenvalue weighted by atomic mass is 10.1. The third-order valence-electron chi connectivity index (χ3n) is 4.20. The highest BCUT2D eigenvalue weighted by molar-refractivity contribution is 7.11. The smallest absolute Gasteiger partial charge is 0.191 e. The van der Waals surface area contributed by atoms with Crippen LogP contribution in [0.5, 0.6) is 0 Å². The van der Waals surface area contributed by atoms with Crippen molar-refractivity contribution in [3.63, 3.8) is 0 Å². The van der Waals surface area contributed by atoms with Crippen LogP contribution in [0.2, 0.25) is 0 Å². The van der Waals surface area contributed by atoms with Gasteiger partial charge in [-0.2, -0.15) is 5.10 Å². The van der Waals surface area contributed by atoms with Gasteiger partial charge >= 0.3 is 0 Å². The molecule has 2 heterocycles. The fraction of sp³-hybridized carbons (Fsp3) is 0.611. The Morgan fingerprint density at radius 2 is 2.12 bits per heavy atom. The third-order valence-corrected chi connectivity index (χ3v) is 5.34. The van der Waals surface area contributed by atoms with Crippen LogP contribution in [0.1, 0.15) is 34.1 Å². The zero-order valence-corrected chi connectivity index (χ0v) is 17.5. The number of rotatable bonds is 8. The molecule has 1 unspecified atom stereocenters. The summed E-state index contributed by atoms with van der Waals surface area (Å²) in [7, 11) is 6.08. The number of hydrogen-bond donors (Lipinski definition) is 2. The van der Waals surface area contributed by atoms with Gasteiger partial charge in [0, 0.05) is 43.2 Å². The minimum atomic E-state index is 0.198. The maximum Gasteiger partial charge on any atom is 0.191 e. The molecule has 0 aliphatic heterocycles. The highest BCUT2D eigenvalue weighted by atomic mass is 32.1. The van der Waals surface area contributed by atoms with Crippen LogP contribution in [0.25, 0.3) is 0 Å². The van der Waals surface area contributed by atoms with E-state index in [0.29, 0.717) is 6.54 Å². The number of thiazole rings is 1. The largest absolute Gasteiger partial charge is 0.357 e. The van der Waals surface area contributed by atoms with Crippen molar-refractivity contribution in [3.8, 4) is 0 Å². The molecule has 7 nitrogen and oxygen atoms in total. The number of guanidine groups is 1. The first kappa shape index (κ1) is 20.4. The summed E-state index contributed by atoms with van der Waals surface area (Å²) >= 11 is 1.77. The molecule has 0 bridgehead atoms. The lowest BCUT2D eigenvalue weighted by Gasteiger charge is -2.22. The molecule has 0 saturated carbocycles. The molecule has 144 valence electrons. The minimum absolute atomic E-state index is 0.198. The molecule has 26 heavy (non-hydrogen) atoms. The number of likely N-dealkylation sites (N-methyl/N-ethyl adjacent to an activating group) is 1. The fourth-order valence-corrected chi connectivity index (χ4v) is 3.57. The summed E-state index contributed by atoms with van der Waals surface area (Å²) in [4.78, 5) is 12.8. The van der Waals surface area contributed by atoms with Gasteiger partial charge in [0.2, 0.25) is 0 Å². The standard InChI is InChI=1S/C18H31N7S/c1-7-19-18(20-9-8-17-23-13(2)14(3)26-17)21-11-16(24(4)5)15-10-22-25(6)12-15/h10,12,16H,7-9,11H2,1-6H3,(H2,19,20,21). The lowest BCUT2D eigenvalue weighted by molar-refractivity contribution is 0.306. The van der Waals surface area contributed by atoms with Gasteiger partial charge in [-0.05, 0) is 34.9 Å². The number of aromatic nitrogens is 3. The predicted octanol–water partition coefficient (Wildman–Crippen LogP) is 1.89. The molecule has 8 heteroatoms. The Labute approximate surface area is 160 Å². The van der Waals surface area contributed by atoms with E-state index in [1.807, 2.05) is 24.1 Å². The van der Waals surface area contributed by atoms with E-state index >= 15 is 0 Å². The van der Waals surface area contributed by atoms with Crippen molar-refractivity contribution in [2.24, 2.45) is 12.0 Å². The van der Waals surface area contributed by atoms with E-state index in [0.717, 1.165) is 31.2 Å². The fourth-order valence-electron chi connectivity index (χ4n) is 2.63. The Balaban J connectivity index is 1.95. The SMILES string of the molecule is CCNC(=NCC(c1cnn(C)c1)N(C)C)NCCc1nc(C)c(C)s1. The number of hydrogen-bond acceptors (Lipinski definition) is 5. The Morgan fingerprint density at radius 3 is 2.65 bits per heavy atom. The van der Waals surface area contributed by atoms with Gasteiger partial charge < -0.3 is 15.5 Å². The molecule has 0 fully saturated rings. The predicted molar refractivity (Wildman–Crippen MR) is 109 cm³/mol. The molecule has 2 aromatic rings. The molecule has 0 aliphatic carbocycles. The Kier molecular flexibility index (Phi) is 7.59. The molecular weight excluding hydrogens is 346 g/mol. The summed E-state index contributed by atoms with van der Waals surface area (Å²) in [5.41, 5.74) is 2.31. The second kappa shape index (κ2) is 9.68. The summed E-state index contributed by atoms with van der Waals surface area (Å²) in [6.07, 6.45) is 4.87. The normalized spacial score (nSPS) is 13.3. The molecule has 2 N–H and O–H groups in total. The van der Waals surface area contributed by atoms with E-state index in [-0.39, 0.29) is 6.04 Å². The molecule has 2 rings (SSSR count). The molecule has 1 atom stereocenters. The third kappa shape index (κ3) is 5.81. The Hall–Kier alpha value is -1.93. The number of nitrogens with one attached hydrogen (secondary N) is 2. The molecule has 0 amide bonds. The topological polar surface area (TPSA) is 70.4 Å². The van der Waals surface area contributed by atoms with E-state index in [4.69, 9.17) is 4.99 Å². The summed E-state index contributed by atoms with van der Waals surface area (Å²) in [5, 5.41) is 12.2. The van der Waals surface area contributed by atoms with Gasteiger partial charge in [0.15, 0.2) is 5.96 Å². The maximum atomic E-state index is 4.77. The van der Waals surface area contributed by atoms with Crippen LogP contribution in [-0.2, 0) is 13.5 Å². The van der Waals surface area contributed by atoms with Crippen LogP contribution < -0.4 is 10.6 Å². The van der Waals surface area contributed by atoms with Crippen molar-refractivity contribution in [2.75, 3.05) is 33.7 Å². The first-order chi connectivity index (χ1) is 12.4. The van der Waals surface area contributed by atoms with Gasteiger partial charge in [-0.1, -0.05) is 0 Å². The summed E-state index contributed by atoms with van der Waals surface area (Å²) in [6, 6.07) is 0.198. The Morgan fingerprint density at radius 1 is 1.35 bits per heavy atom. The van der Waals surface area contributed by atoms with Crippen molar-refractivity contribution in [1.29, 1.82) is 0 Å². The molecule has 0 radical (unpaired) electrons. The van der Waals surface area contributed by atoms with Gasteiger partial charge in [-0.15, -0.1) is 11.3 Å². The lowest BCUT2D eigenvalue weighted by Crippen LogP contribution is -2.39. The molecule has 2 aromatic heterocycles. The van der Waals surface area contributed by atoms with Gasteiger partial charge in [0.05, 0.1) is 29.5 Å². The van der Waals surface area contributed by atoms with Crippen LogP contribution >= 0.6 is 11.3 Å². The number of aliphatic imine (C=N–C) groups is 1. The van der Waals surface area contributed by atoms with Crippen LogP contribution in [0.15, 0.2) is 17.4 Å². The van der Waals surface area contributed by atoms with Crippen molar-refractivity contribution >= 4 is 17.3 Å². The molecule has 0 aromatic carbocycles. The van der Waals surface area contributed by atoms with Crippen molar-refractivity contribution in [2.45, 2.75) is 33.2 Å². The first-order valence-corrected chi connectivity index (χ1v) is 9.82. The minimum Gasteiger partial charge on any atom is -0.357 e. The highest BCUT2D eigenvalue weighted by Crippen LogP contribution is 2.18. The molecule has 0 aliphatic rings. The van der Waals surface area contributed by atoms with Crippen LogP contribution in [0.3, 0.4) is 0 Å². The first-order valence-electron chi connectivity index (χ1n) is 9.00. The van der Waals surface area contributed by atoms with E-state index < -0.39 is 0 Å². The van der Waals surface area contributed by atoms with E-state index in [1.54, 1.807) is 11.3 Å². The maximum absolute atomic E-state index is 4.77. The van der Waals surface area contributed by atoms with Crippen molar-refractivity contribution < 1.29 is 0 Å². The summed E-state index contributed by atoms with van der Waals surface area (Å²) in [5.74, 6) is 0.841. The zero-order valence-electron chi connectivity index (χ0n) is 16.7. The Bertz CT molecular complexity index is 697. The summed E-state index contributed by atoms with van der Waals surface area (Å²) in [6.45, 7) is 8.58. The zero-order chi connectivity index (χ0) is 19.1. The molecular formula is C18H31N7S. The van der Waals surface area contributed by atoms with E-state index in [9.17, 15) is 0 Å². The second-order valence-corrected chi connectivity index (χ2v) is 7.86. The average molecular weight is 378 g/mol. The summed E-state index contributed by atoms with van der Waals surface area (Å²) < 4.78 is 1.83. The molecule has 0 saturated heterocycles. The van der Waals surface area contributed by atoms with Crippen molar-refractivity contribution in [3.05, 3.63) is 33.5 Å². The van der Waals surface area contributed by atoms with Gasteiger partial charge in [-0.3, -0.25) is 9.67 Å². The number of nitrogens with zero attached hydrogens (tertiary/aromatic N) is 5. The average Bonchev–Trinajstić information content (AvgIpc) is 3.13. The van der Waals surface area contributed by atoms with E-state index in [2.05, 4.69) is 60.5 Å². The molecule has 0 spiro atoms. The monoisotopic (exact) mass is 377 g/mol. The van der Waals surface area contributed by atoms with Crippen LogP contribution in [-0.4, -0.2) is 59.4 Å². The second-order valence-electron chi connectivity index (χ2n) is 6.57. The van der Waals surface area contributed by atoms with Gasteiger partial charge in [0.25, 0.3) is 0 Å². The van der Waals surface area contributed by atoms with Crippen LogP contribution in [0.4, 0.5) is 0 Å². The van der Waals surface area contributed by atoms with Gasteiger partial charge in [0.1, 0.15) is 0 Å². The van der Waals surface area contributed by atoms with Crippen molar-refractivity contribution in [1.82, 2.24) is 30.3 Å². The van der Waals surface area contributed by atoms with Crippen LogP contribution in [0, 0.1) is 13.8 Å². The number of aryl methyl sites for hydroxylation is 3.